The van der Waals surface area contributed by atoms with Gasteiger partial charge in [0.1, 0.15) is 22.9 Å². The van der Waals surface area contributed by atoms with Crippen molar-refractivity contribution in [1.82, 2.24) is 4.90 Å². The van der Waals surface area contributed by atoms with E-state index in [-0.39, 0.29) is 18.3 Å². The van der Waals surface area contributed by atoms with E-state index in [1.165, 1.54) is 25.2 Å². The monoisotopic (exact) mass is 303 g/mol. The molecule has 22 heavy (non-hydrogen) atoms. The second kappa shape index (κ2) is 6.93. The molecule has 1 amide bonds. The number of amides is 1. The highest BCUT2D eigenvalue weighted by atomic mass is 19.1. The van der Waals surface area contributed by atoms with E-state index in [0.29, 0.717) is 22.6 Å². The number of methoxy groups -OCH3 is 2. The first-order valence-corrected chi connectivity index (χ1v) is 6.78. The molecule has 0 aliphatic rings. The van der Waals surface area contributed by atoms with E-state index < -0.39 is 0 Å². The summed E-state index contributed by atoms with van der Waals surface area (Å²) in [6.07, 6.45) is 0. The van der Waals surface area contributed by atoms with Crippen LogP contribution in [0.1, 0.15) is 15.9 Å². The summed E-state index contributed by atoms with van der Waals surface area (Å²) in [4.78, 5) is 14.1. The SMILES string of the molecule is COc1cccc(OC)c1C(=O)N(C)Cc1ccccc1F. The molecule has 2 rings (SSSR count). The van der Waals surface area contributed by atoms with Crippen molar-refractivity contribution < 1.29 is 18.7 Å². The molecular formula is C17H18FNO3. The predicted molar refractivity (Wildman–Crippen MR) is 81.7 cm³/mol. The molecule has 0 fully saturated rings. The number of rotatable bonds is 5. The molecule has 0 spiro atoms. The molecule has 0 unspecified atom stereocenters. The molecule has 0 aliphatic carbocycles. The van der Waals surface area contributed by atoms with E-state index in [4.69, 9.17) is 9.47 Å². The van der Waals surface area contributed by atoms with E-state index in [9.17, 15) is 9.18 Å². The highest BCUT2D eigenvalue weighted by Gasteiger charge is 2.22. The van der Waals surface area contributed by atoms with E-state index in [2.05, 4.69) is 0 Å². The minimum atomic E-state index is -0.339. The van der Waals surface area contributed by atoms with Gasteiger partial charge in [0, 0.05) is 19.2 Å². The molecule has 0 radical (unpaired) electrons. The molecule has 0 bridgehead atoms. The van der Waals surface area contributed by atoms with Gasteiger partial charge in [-0.25, -0.2) is 4.39 Å². The zero-order valence-corrected chi connectivity index (χ0v) is 12.8. The highest BCUT2D eigenvalue weighted by Crippen LogP contribution is 2.29. The maximum Gasteiger partial charge on any atom is 0.261 e. The second-order valence-electron chi connectivity index (χ2n) is 4.79. The van der Waals surface area contributed by atoms with Gasteiger partial charge in [-0.2, -0.15) is 0 Å². The van der Waals surface area contributed by atoms with Gasteiger partial charge >= 0.3 is 0 Å². The minimum absolute atomic E-state index is 0.159. The Balaban J connectivity index is 2.30. The average molecular weight is 303 g/mol. The number of halogens is 1. The number of hydrogen-bond acceptors (Lipinski definition) is 3. The largest absolute Gasteiger partial charge is 0.496 e. The van der Waals surface area contributed by atoms with Crippen LogP contribution in [0, 0.1) is 5.82 Å². The van der Waals surface area contributed by atoms with Crippen molar-refractivity contribution >= 4 is 5.91 Å². The van der Waals surface area contributed by atoms with Gasteiger partial charge in [0.15, 0.2) is 0 Å². The standard InChI is InChI=1S/C17H18FNO3/c1-19(11-12-7-4-5-8-13(12)18)17(20)16-14(21-2)9-6-10-15(16)22-3/h4-10H,11H2,1-3H3. The van der Waals surface area contributed by atoms with Crippen LogP contribution in [0.15, 0.2) is 42.5 Å². The summed E-state index contributed by atoms with van der Waals surface area (Å²) in [5.74, 6) is 0.209. The van der Waals surface area contributed by atoms with E-state index in [1.807, 2.05) is 0 Å². The van der Waals surface area contributed by atoms with Gasteiger partial charge in [0.05, 0.1) is 14.2 Å². The summed E-state index contributed by atoms with van der Waals surface area (Å²) in [6, 6.07) is 11.5. The summed E-state index contributed by atoms with van der Waals surface area (Å²) >= 11 is 0. The van der Waals surface area contributed by atoms with Gasteiger partial charge in [0.2, 0.25) is 0 Å². The van der Waals surface area contributed by atoms with Gasteiger partial charge in [-0.05, 0) is 18.2 Å². The van der Waals surface area contributed by atoms with Crippen molar-refractivity contribution in [1.29, 1.82) is 0 Å². The number of ether oxygens (including phenoxy) is 2. The fraction of sp³-hybridized carbons (Fsp3) is 0.235. The third kappa shape index (κ3) is 3.19. The molecule has 0 atom stereocenters. The Hall–Kier alpha value is -2.56. The maximum atomic E-state index is 13.7. The normalized spacial score (nSPS) is 10.2. The molecular weight excluding hydrogens is 285 g/mol. The Labute approximate surface area is 129 Å². The summed E-state index contributed by atoms with van der Waals surface area (Å²) in [5, 5.41) is 0. The van der Waals surface area contributed by atoms with Crippen LogP contribution in [0.5, 0.6) is 11.5 Å². The number of hydrogen-bond donors (Lipinski definition) is 0. The maximum absolute atomic E-state index is 13.7. The predicted octanol–water partition coefficient (Wildman–Crippen LogP) is 3.12. The van der Waals surface area contributed by atoms with Crippen LogP contribution in [0.2, 0.25) is 0 Å². The zero-order chi connectivity index (χ0) is 16.1. The van der Waals surface area contributed by atoms with Gasteiger partial charge in [-0.3, -0.25) is 4.79 Å². The lowest BCUT2D eigenvalue weighted by atomic mass is 10.1. The number of carbonyl (C=O) groups is 1. The lowest BCUT2D eigenvalue weighted by molar-refractivity contribution is 0.0777. The molecule has 4 nitrogen and oxygen atoms in total. The molecule has 5 heteroatoms. The number of benzene rings is 2. The van der Waals surface area contributed by atoms with Crippen LogP contribution in [-0.4, -0.2) is 32.1 Å². The summed E-state index contributed by atoms with van der Waals surface area (Å²) in [5.41, 5.74) is 0.776. The molecule has 0 N–H and O–H groups in total. The first kappa shape index (κ1) is 15.8. The smallest absolute Gasteiger partial charge is 0.261 e. The molecule has 116 valence electrons. The van der Waals surface area contributed by atoms with Crippen LogP contribution < -0.4 is 9.47 Å². The fourth-order valence-electron chi connectivity index (χ4n) is 2.21. The van der Waals surface area contributed by atoms with Crippen molar-refractivity contribution in [2.45, 2.75) is 6.54 Å². The number of nitrogens with zero attached hydrogens (tertiary/aromatic N) is 1. The molecule has 2 aromatic rings. The molecule has 0 aliphatic heterocycles. The van der Waals surface area contributed by atoms with Crippen LogP contribution in [-0.2, 0) is 6.54 Å². The van der Waals surface area contributed by atoms with Gasteiger partial charge in [-0.1, -0.05) is 24.3 Å². The molecule has 0 heterocycles. The Kier molecular flexibility index (Phi) is 4.99. The molecule has 0 saturated carbocycles. The summed E-state index contributed by atoms with van der Waals surface area (Å²) in [7, 11) is 4.59. The van der Waals surface area contributed by atoms with Crippen molar-refractivity contribution in [3.63, 3.8) is 0 Å². The Bertz CT molecular complexity index is 650. The number of carbonyl (C=O) groups excluding carboxylic acids is 1. The van der Waals surface area contributed by atoms with Gasteiger partial charge in [-0.15, -0.1) is 0 Å². The fourth-order valence-corrected chi connectivity index (χ4v) is 2.21. The molecule has 0 aromatic heterocycles. The minimum Gasteiger partial charge on any atom is -0.496 e. The van der Waals surface area contributed by atoms with Crippen molar-refractivity contribution in [2.24, 2.45) is 0 Å². The highest BCUT2D eigenvalue weighted by molar-refractivity contribution is 5.99. The topological polar surface area (TPSA) is 38.8 Å². The molecule has 2 aromatic carbocycles. The first-order chi connectivity index (χ1) is 10.6. The third-order valence-corrected chi connectivity index (χ3v) is 3.35. The van der Waals surface area contributed by atoms with Crippen molar-refractivity contribution in [3.05, 3.63) is 59.4 Å². The van der Waals surface area contributed by atoms with Crippen molar-refractivity contribution in [2.75, 3.05) is 21.3 Å². The molecule has 0 saturated heterocycles. The zero-order valence-electron chi connectivity index (χ0n) is 12.8. The van der Waals surface area contributed by atoms with Crippen molar-refractivity contribution in [3.8, 4) is 11.5 Å². The van der Waals surface area contributed by atoms with Crippen LogP contribution in [0.4, 0.5) is 4.39 Å². The third-order valence-electron chi connectivity index (χ3n) is 3.35. The van der Waals surface area contributed by atoms with Gasteiger partial charge < -0.3 is 14.4 Å². The lowest BCUT2D eigenvalue weighted by Crippen LogP contribution is -2.27. The quantitative estimate of drug-likeness (QED) is 0.852. The van der Waals surface area contributed by atoms with Gasteiger partial charge in [0.25, 0.3) is 5.91 Å². The summed E-state index contributed by atoms with van der Waals surface area (Å²) < 4.78 is 24.2. The van der Waals surface area contributed by atoms with Crippen LogP contribution in [0.3, 0.4) is 0 Å². The van der Waals surface area contributed by atoms with E-state index >= 15 is 0 Å². The first-order valence-electron chi connectivity index (χ1n) is 6.78. The Morgan fingerprint density at radius 1 is 1.05 bits per heavy atom. The van der Waals surface area contributed by atoms with E-state index in [1.54, 1.807) is 43.4 Å². The Morgan fingerprint density at radius 3 is 2.18 bits per heavy atom. The van der Waals surface area contributed by atoms with Crippen LogP contribution >= 0.6 is 0 Å². The lowest BCUT2D eigenvalue weighted by Gasteiger charge is -2.20. The Morgan fingerprint density at radius 2 is 1.64 bits per heavy atom. The average Bonchev–Trinajstić information content (AvgIpc) is 2.55. The van der Waals surface area contributed by atoms with Crippen LogP contribution in [0.25, 0.3) is 0 Å². The van der Waals surface area contributed by atoms with E-state index in [0.717, 1.165) is 0 Å². The summed E-state index contributed by atoms with van der Waals surface area (Å²) in [6.45, 7) is 0.159. The second-order valence-corrected chi connectivity index (χ2v) is 4.79.